The number of hydrogen-bond acceptors (Lipinski definition) is 3. The summed E-state index contributed by atoms with van der Waals surface area (Å²) in [4.78, 5) is 10.4. The fourth-order valence-corrected chi connectivity index (χ4v) is 1.73. The van der Waals surface area contributed by atoms with Crippen LogP contribution in [-0.4, -0.2) is 11.0 Å². The molecule has 0 saturated heterocycles. The molecule has 0 bridgehead atoms. The SMILES string of the molecule is CCC(CC)Nc1c(Cl)cccc1[N+](=O)[O-]. The van der Waals surface area contributed by atoms with Crippen LogP contribution in [0.1, 0.15) is 26.7 Å². The first kappa shape index (κ1) is 12.8. The van der Waals surface area contributed by atoms with E-state index in [-0.39, 0.29) is 11.7 Å². The minimum atomic E-state index is -0.420. The number of nitrogens with one attached hydrogen (secondary N) is 1. The molecular weight excluding hydrogens is 228 g/mol. The Hall–Kier alpha value is -1.29. The van der Waals surface area contributed by atoms with Crippen molar-refractivity contribution in [1.82, 2.24) is 0 Å². The van der Waals surface area contributed by atoms with Crippen LogP contribution in [0.4, 0.5) is 11.4 Å². The molecule has 0 unspecified atom stereocenters. The molecule has 0 saturated carbocycles. The minimum Gasteiger partial charge on any atom is -0.376 e. The summed E-state index contributed by atoms with van der Waals surface area (Å²) in [5, 5.41) is 14.4. The average Bonchev–Trinajstić information content (AvgIpc) is 2.27. The van der Waals surface area contributed by atoms with Crippen molar-refractivity contribution in [3.8, 4) is 0 Å². The predicted octanol–water partition coefficient (Wildman–Crippen LogP) is 3.85. The third-order valence-electron chi connectivity index (χ3n) is 2.52. The van der Waals surface area contributed by atoms with Gasteiger partial charge in [0.2, 0.25) is 0 Å². The normalized spacial score (nSPS) is 10.5. The zero-order chi connectivity index (χ0) is 12.1. The Labute approximate surface area is 99.8 Å². The van der Waals surface area contributed by atoms with E-state index in [1.807, 2.05) is 13.8 Å². The molecule has 88 valence electrons. The van der Waals surface area contributed by atoms with Gasteiger partial charge in [-0.05, 0) is 18.9 Å². The molecule has 0 aliphatic rings. The second kappa shape index (κ2) is 5.70. The van der Waals surface area contributed by atoms with Gasteiger partial charge in [-0.3, -0.25) is 10.1 Å². The lowest BCUT2D eigenvalue weighted by Crippen LogP contribution is -2.18. The van der Waals surface area contributed by atoms with E-state index in [0.29, 0.717) is 10.7 Å². The van der Waals surface area contributed by atoms with Gasteiger partial charge < -0.3 is 5.32 Å². The summed E-state index contributed by atoms with van der Waals surface area (Å²) in [6.07, 6.45) is 1.80. The first-order valence-corrected chi connectivity index (χ1v) is 5.67. The maximum atomic E-state index is 10.8. The molecule has 1 aromatic rings. The van der Waals surface area contributed by atoms with Gasteiger partial charge in [0.15, 0.2) is 0 Å². The number of rotatable bonds is 5. The third-order valence-corrected chi connectivity index (χ3v) is 2.84. The smallest absolute Gasteiger partial charge is 0.293 e. The van der Waals surface area contributed by atoms with E-state index < -0.39 is 4.92 Å². The van der Waals surface area contributed by atoms with Gasteiger partial charge in [0.25, 0.3) is 5.69 Å². The van der Waals surface area contributed by atoms with E-state index in [1.54, 1.807) is 12.1 Å². The number of para-hydroxylation sites is 1. The second-order valence-electron chi connectivity index (χ2n) is 3.55. The molecule has 0 aliphatic heterocycles. The predicted molar refractivity (Wildman–Crippen MR) is 66.1 cm³/mol. The van der Waals surface area contributed by atoms with E-state index in [4.69, 9.17) is 11.6 Å². The highest BCUT2D eigenvalue weighted by Crippen LogP contribution is 2.32. The summed E-state index contributed by atoms with van der Waals surface area (Å²) in [6, 6.07) is 4.90. The lowest BCUT2D eigenvalue weighted by atomic mass is 10.1. The molecule has 0 radical (unpaired) electrons. The van der Waals surface area contributed by atoms with Gasteiger partial charge in [-0.25, -0.2) is 0 Å². The number of nitrogens with zero attached hydrogens (tertiary/aromatic N) is 1. The van der Waals surface area contributed by atoms with Crippen LogP contribution in [0.2, 0.25) is 5.02 Å². The van der Waals surface area contributed by atoms with Crippen LogP contribution in [0, 0.1) is 10.1 Å². The van der Waals surface area contributed by atoms with Crippen molar-refractivity contribution in [3.05, 3.63) is 33.3 Å². The molecule has 0 aliphatic carbocycles. The van der Waals surface area contributed by atoms with Crippen LogP contribution in [-0.2, 0) is 0 Å². The van der Waals surface area contributed by atoms with E-state index >= 15 is 0 Å². The highest BCUT2D eigenvalue weighted by atomic mass is 35.5. The van der Waals surface area contributed by atoms with Crippen LogP contribution in [0.15, 0.2) is 18.2 Å². The van der Waals surface area contributed by atoms with Gasteiger partial charge in [0.1, 0.15) is 5.69 Å². The Bertz CT molecular complexity index is 378. The molecule has 1 rings (SSSR count). The zero-order valence-corrected chi connectivity index (χ0v) is 10.1. The number of halogens is 1. The van der Waals surface area contributed by atoms with Crippen LogP contribution < -0.4 is 5.32 Å². The van der Waals surface area contributed by atoms with Crippen LogP contribution in [0.25, 0.3) is 0 Å². The molecule has 0 fully saturated rings. The topological polar surface area (TPSA) is 55.2 Å². The van der Waals surface area contributed by atoms with Crippen LogP contribution >= 0.6 is 11.6 Å². The van der Waals surface area contributed by atoms with Gasteiger partial charge >= 0.3 is 0 Å². The van der Waals surface area contributed by atoms with Crippen molar-refractivity contribution < 1.29 is 4.92 Å². The molecule has 4 nitrogen and oxygen atoms in total. The molecule has 0 aromatic heterocycles. The lowest BCUT2D eigenvalue weighted by molar-refractivity contribution is -0.384. The van der Waals surface area contributed by atoms with Crippen molar-refractivity contribution in [2.24, 2.45) is 0 Å². The molecule has 16 heavy (non-hydrogen) atoms. The summed E-state index contributed by atoms with van der Waals surface area (Å²) >= 11 is 5.96. The molecule has 0 atom stereocenters. The van der Waals surface area contributed by atoms with Crippen LogP contribution in [0.5, 0.6) is 0 Å². The molecule has 0 spiro atoms. The molecule has 1 aromatic carbocycles. The standard InChI is InChI=1S/C11H15ClN2O2/c1-3-8(4-2)13-11-9(12)6-5-7-10(11)14(15)16/h5-8,13H,3-4H2,1-2H3. The average molecular weight is 243 g/mol. The Balaban J connectivity index is 3.05. The maximum absolute atomic E-state index is 10.8. The zero-order valence-electron chi connectivity index (χ0n) is 9.37. The van der Waals surface area contributed by atoms with Crippen molar-refractivity contribution in [3.63, 3.8) is 0 Å². The molecule has 5 heteroatoms. The van der Waals surface area contributed by atoms with Crippen molar-refractivity contribution in [2.75, 3.05) is 5.32 Å². The molecular formula is C11H15ClN2O2. The quantitative estimate of drug-likeness (QED) is 0.630. The number of hydrogen-bond donors (Lipinski definition) is 1. The number of nitro groups is 1. The fourth-order valence-electron chi connectivity index (χ4n) is 1.50. The van der Waals surface area contributed by atoms with Gasteiger partial charge in [-0.15, -0.1) is 0 Å². The van der Waals surface area contributed by atoms with Gasteiger partial charge in [-0.1, -0.05) is 31.5 Å². The minimum absolute atomic E-state index is 0.0272. The number of nitro benzene ring substituents is 1. The van der Waals surface area contributed by atoms with Gasteiger partial charge in [-0.2, -0.15) is 0 Å². The highest BCUT2D eigenvalue weighted by Gasteiger charge is 2.18. The van der Waals surface area contributed by atoms with Gasteiger partial charge in [0.05, 0.1) is 9.95 Å². The Kier molecular flexibility index (Phi) is 4.55. The summed E-state index contributed by atoms with van der Waals surface area (Å²) in [6.45, 7) is 4.06. The first-order valence-electron chi connectivity index (χ1n) is 5.29. The van der Waals surface area contributed by atoms with E-state index in [2.05, 4.69) is 5.32 Å². The van der Waals surface area contributed by atoms with Crippen molar-refractivity contribution >= 4 is 23.0 Å². The summed E-state index contributed by atoms with van der Waals surface area (Å²) in [5.74, 6) is 0. The third kappa shape index (κ3) is 2.85. The summed E-state index contributed by atoms with van der Waals surface area (Å²) in [5.41, 5.74) is 0.447. The molecule has 0 amide bonds. The fraction of sp³-hybridized carbons (Fsp3) is 0.455. The molecule has 0 heterocycles. The Morgan fingerprint density at radius 3 is 2.56 bits per heavy atom. The largest absolute Gasteiger partial charge is 0.376 e. The summed E-state index contributed by atoms with van der Waals surface area (Å²) < 4.78 is 0. The maximum Gasteiger partial charge on any atom is 0.293 e. The lowest BCUT2D eigenvalue weighted by Gasteiger charge is -2.17. The number of anilines is 1. The summed E-state index contributed by atoms with van der Waals surface area (Å²) in [7, 11) is 0. The Morgan fingerprint density at radius 2 is 2.06 bits per heavy atom. The Morgan fingerprint density at radius 1 is 1.44 bits per heavy atom. The van der Waals surface area contributed by atoms with E-state index in [1.165, 1.54) is 6.07 Å². The number of benzene rings is 1. The van der Waals surface area contributed by atoms with E-state index in [9.17, 15) is 10.1 Å². The van der Waals surface area contributed by atoms with E-state index in [0.717, 1.165) is 12.8 Å². The van der Waals surface area contributed by atoms with Crippen LogP contribution in [0.3, 0.4) is 0 Å². The second-order valence-corrected chi connectivity index (χ2v) is 3.96. The molecule has 1 N–H and O–H groups in total. The highest BCUT2D eigenvalue weighted by molar-refractivity contribution is 6.33. The van der Waals surface area contributed by atoms with Crippen molar-refractivity contribution in [2.45, 2.75) is 32.7 Å². The first-order chi connectivity index (χ1) is 7.60. The van der Waals surface area contributed by atoms with Gasteiger partial charge in [0, 0.05) is 12.1 Å². The van der Waals surface area contributed by atoms with Crippen molar-refractivity contribution in [1.29, 1.82) is 0 Å². The monoisotopic (exact) mass is 242 g/mol.